The number of fused-ring (bicyclic) bond motifs is 3. The van der Waals surface area contributed by atoms with Gasteiger partial charge < -0.3 is 0 Å². The third-order valence-electron chi connectivity index (χ3n) is 5.27. The molecular formula is C22H19ClN4O4. The zero-order chi connectivity index (χ0) is 22.7. The number of anilines is 2. The summed E-state index contributed by atoms with van der Waals surface area (Å²) in [5.41, 5.74) is 3.20. The summed E-state index contributed by atoms with van der Waals surface area (Å²) < 4.78 is 1.70. The fourth-order valence-electron chi connectivity index (χ4n) is 3.84. The molecule has 1 aliphatic carbocycles. The highest BCUT2D eigenvalue weighted by Crippen LogP contribution is 2.43. The van der Waals surface area contributed by atoms with Gasteiger partial charge in [0.25, 0.3) is 5.69 Å². The van der Waals surface area contributed by atoms with E-state index in [-0.39, 0.29) is 27.6 Å². The van der Waals surface area contributed by atoms with Gasteiger partial charge in [-0.05, 0) is 24.3 Å². The summed E-state index contributed by atoms with van der Waals surface area (Å²) >= 11 is 6.22. The molecule has 0 unspecified atom stereocenters. The van der Waals surface area contributed by atoms with Crippen LogP contribution in [0.2, 0.25) is 5.02 Å². The highest BCUT2D eigenvalue weighted by molar-refractivity contribution is 6.34. The maximum Gasteiger partial charge on any atom is 0.271 e. The van der Waals surface area contributed by atoms with E-state index in [9.17, 15) is 19.7 Å². The van der Waals surface area contributed by atoms with Crippen LogP contribution in [0.5, 0.6) is 0 Å². The lowest BCUT2D eigenvalue weighted by Crippen LogP contribution is -2.17. The van der Waals surface area contributed by atoms with Crippen LogP contribution < -0.4 is 4.90 Å². The second-order valence-corrected chi connectivity index (χ2v) is 8.78. The van der Waals surface area contributed by atoms with Crippen LogP contribution in [-0.4, -0.2) is 26.9 Å². The molecule has 4 rings (SSSR count). The van der Waals surface area contributed by atoms with Crippen LogP contribution in [-0.2, 0) is 17.3 Å². The van der Waals surface area contributed by atoms with Crippen LogP contribution in [0.4, 0.5) is 17.1 Å². The van der Waals surface area contributed by atoms with Gasteiger partial charge in [-0.15, -0.1) is 0 Å². The molecule has 0 N–H and O–H groups in total. The van der Waals surface area contributed by atoms with E-state index in [4.69, 9.17) is 11.6 Å². The number of nitro groups is 1. The third-order valence-corrected chi connectivity index (χ3v) is 5.59. The lowest BCUT2D eigenvalue weighted by atomic mass is 9.88. The fraction of sp³-hybridized carbons (Fsp3) is 0.227. The zero-order valence-corrected chi connectivity index (χ0v) is 18.1. The Morgan fingerprint density at radius 3 is 2.48 bits per heavy atom. The molecule has 0 aliphatic heterocycles. The van der Waals surface area contributed by atoms with Crippen molar-refractivity contribution < 1.29 is 14.5 Å². The average molecular weight is 439 g/mol. The van der Waals surface area contributed by atoms with Gasteiger partial charge in [-0.25, -0.2) is 0 Å². The van der Waals surface area contributed by atoms with Gasteiger partial charge in [-0.1, -0.05) is 32.4 Å². The molecule has 1 heterocycles. The first-order chi connectivity index (χ1) is 14.5. The molecule has 0 fully saturated rings. The number of halogens is 1. The number of benzene rings is 2. The maximum absolute atomic E-state index is 13.3. The van der Waals surface area contributed by atoms with Crippen LogP contribution in [0.3, 0.4) is 0 Å². The fourth-order valence-corrected chi connectivity index (χ4v) is 4.05. The number of aromatic nitrogens is 2. The Hall–Kier alpha value is -3.52. The summed E-state index contributed by atoms with van der Waals surface area (Å²) in [6.45, 7) is 5.99. The van der Waals surface area contributed by atoms with Crippen LogP contribution in [0, 0.1) is 10.1 Å². The molecule has 2 aromatic carbocycles. The molecular weight excluding hydrogens is 420 g/mol. The van der Waals surface area contributed by atoms with E-state index in [2.05, 4.69) is 5.10 Å². The topological polar surface area (TPSA) is 98.3 Å². The number of ketones is 1. The lowest BCUT2D eigenvalue weighted by Gasteiger charge is -2.20. The Kier molecular flexibility index (Phi) is 4.70. The predicted octanol–water partition coefficient (Wildman–Crippen LogP) is 4.79. The van der Waals surface area contributed by atoms with E-state index in [0.717, 1.165) is 11.3 Å². The van der Waals surface area contributed by atoms with Crippen molar-refractivity contribution in [1.29, 1.82) is 0 Å². The number of rotatable bonds is 4. The van der Waals surface area contributed by atoms with E-state index >= 15 is 0 Å². The predicted molar refractivity (Wildman–Crippen MR) is 117 cm³/mol. The van der Waals surface area contributed by atoms with Gasteiger partial charge >= 0.3 is 0 Å². The SMILES string of the molecule is Cn1nc(C(C)(C)C)c2c1-c1ccc(N(C=O)c3cc([N+](=O)[O-])ccc3Cl)cc1C2=O. The number of amides is 1. The minimum Gasteiger partial charge on any atom is -0.288 e. The smallest absolute Gasteiger partial charge is 0.271 e. The number of aryl methyl sites for hydroxylation is 1. The molecule has 0 atom stereocenters. The van der Waals surface area contributed by atoms with Gasteiger partial charge in [0.1, 0.15) is 0 Å². The number of hydrogen-bond acceptors (Lipinski definition) is 5. The van der Waals surface area contributed by atoms with Gasteiger partial charge in [0.15, 0.2) is 5.78 Å². The lowest BCUT2D eigenvalue weighted by molar-refractivity contribution is -0.384. The molecule has 1 amide bonds. The molecule has 9 heteroatoms. The van der Waals surface area contributed by atoms with Crippen molar-refractivity contribution in [1.82, 2.24) is 9.78 Å². The molecule has 3 aromatic rings. The molecule has 0 radical (unpaired) electrons. The van der Waals surface area contributed by atoms with Crippen molar-refractivity contribution in [2.75, 3.05) is 4.90 Å². The summed E-state index contributed by atoms with van der Waals surface area (Å²) in [5, 5.41) is 15.9. The normalized spacial score (nSPS) is 12.5. The van der Waals surface area contributed by atoms with Crippen LogP contribution >= 0.6 is 11.6 Å². The zero-order valence-electron chi connectivity index (χ0n) is 17.3. The molecule has 1 aromatic heterocycles. The maximum atomic E-state index is 13.3. The van der Waals surface area contributed by atoms with Crippen molar-refractivity contribution in [3.05, 3.63) is 68.4 Å². The summed E-state index contributed by atoms with van der Waals surface area (Å²) in [5.74, 6) is -0.166. The second-order valence-electron chi connectivity index (χ2n) is 8.37. The number of carbonyl (C=O) groups excluding carboxylic acids is 2. The monoisotopic (exact) mass is 438 g/mol. The number of nitro benzene ring substituents is 1. The van der Waals surface area contributed by atoms with E-state index in [1.807, 2.05) is 20.8 Å². The van der Waals surface area contributed by atoms with Crippen LogP contribution in [0.1, 0.15) is 42.4 Å². The highest BCUT2D eigenvalue weighted by Gasteiger charge is 2.37. The van der Waals surface area contributed by atoms with Gasteiger partial charge in [-0.3, -0.25) is 29.3 Å². The molecule has 8 nitrogen and oxygen atoms in total. The van der Waals surface area contributed by atoms with Gasteiger partial charge in [0.05, 0.1) is 32.6 Å². The molecule has 158 valence electrons. The first-order valence-electron chi connectivity index (χ1n) is 9.49. The third kappa shape index (κ3) is 3.19. The van der Waals surface area contributed by atoms with Crippen molar-refractivity contribution in [3.63, 3.8) is 0 Å². The van der Waals surface area contributed by atoms with E-state index < -0.39 is 4.92 Å². The summed E-state index contributed by atoms with van der Waals surface area (Å²) in [6, 6.07) is 8.88. The van der Waals surface area contributed by atoms with Crippen LogP contribution in [0.25, 0.3) is 11.3 Å². The minimum absolute atomic E-state index is 0.158. The Morgan fingerprint density at radius 2 is 1.87 bits per heavy atom. The van der Waals surface area contributed by atoms with Crippen LogP contribution in [0.15, 0.2) is 36.4 Å². The molecule has 0 spiro atoms. The van der Waals surface area contributed by atoms with Crippen molar-refractivity contribution in [2.45, 2.75) is 26.2 Å². The van der Waals surface area contributed by atoms with Crippen molar-refractivity contribution >= 4 is 40.9 Å². The largest absolute Gasteiger partial charge is 0.288 e. The Labute approximate surface area is 183 Å². The van der Waals surface area contributed by atoms with Crippen molar-refractivity contribution in [2.24, 2.45) is 7.05 Å². The number of nitrogens with zero attached hydrogens (tertiary/aromatic N) is 4. The summed E-state index contributed by atoms with van der Waals surface area (Å²) in [6.07, 6.45) is 0.515. The molecule has 1 aliphatic rings. The number of non-ortho nitro benzene ring substituents is 1. The molecule has 0 bridgehead atoms. The minimum atomic E-state index is -0.563. The van der Waals surface area contributed by atoms with Gasteiger partial charge in [0, 0.05) is 41.4 Å². The summed E-state index contributed by atoms with van der Waals surface area (Å²) in [7, 11) is 1.80. The quantitative estimate of drug-likeness (QED) is 0.259. The van der Waals surface area contributed by atoms with E-state index in [1.165, 1.54) is 23.1 Å². The standard InChI is InChI=1S/C22H19ClN4O4/c1-22(2,3)21-18-19(25(4)24-21)14-7-5-12(9-15(14)20(18)29)26(11-28)17-10-13(27(30)31)6-8-16(17)23/h5-11H,1-4H3. The Balaban J connectivity index is 1.84. The second kappa shape index (κ2) is 7.02. The van der Waals surface area contributed by atoms with E-state index in [0.29, 0.717) is 28.9 Å². The van der Waals surface area contributed by atoms with Crippen molar-refractivity contribution in [3.8, 4) is 11.3 Å². The summed E-state index contributed by atoms with van der Waals surface area (Å²) in [4.78, 5) is 37.0. The molecule has 0 saturated carbocycles. The van der Waals surface area contributed by atoms with Gasteiger partial charge in [-0.2, -0.15) is 5.10 Å². The Morgan fingerprint density at radius 1 is 1.16 bits per heavy atom. The van der Waals surface area contributed by atoms with E-state index in [1.54, 1.807) is 29.9 Å². The molecule has 0 saturated heterocycles. The Bertz CT molecular complexity index is 1270. The highest BCUT2D eigenvalue weighted by atomic mass is 35.5. The number of hydrogen-bond donors (Lipinski definition) is 0. The van der Waals surface area contributed by atoms with Gasteiger partial charge in [0.2, 0.25) is 6.41 Å². The molecule has 31 heavy (non-hydrogen) atoms. The average Bonchev–Trinajstić information content (AvgIpc) is 3.20. The first kappa shape index (κ1) is 20.7. The first-order valence-corrected chi connectivity index (χ1v) is 9.87. The number of carbonyl (C=O) groups is 2.